The Morgan fingerprint density at radius 1 is 1.34 bits per heavy atom. The van der Waals surface area contributed by atoms with Crippen LogP contribution in [0.15, 0.2) is 30.0 Å². The lowest BCUT2D eigenvalue weighted by molar-refractivity contribution is -0.137. The smallest absolute Gasteiger partial charge is 0.305 e. The Balaban J connectivity index is 2.37. The number of amides is 1. The molecule has 0 bridgehead atoms. The summed E-state index contributed by atoms with van der Waals surface area (Å²) in [6.45, 7) is 8.27. The highest BCUT2D eigenvalue weighted by Gasteiger charge is 2.45. The molecule has 1 amide bonds. The highest BCUT2D eigenvalue weighted by molar-refractivity contribution is 5.67. The summed E-state index contributed by atoms with van der Waals surface area (Å²) in [6.07, 6.45) is 3.64. The summed E-state index contributed by atoms with van der Waals surface area (Å²) in [5, 5.41) is 12.4. The monoisotopic (exact) mass is 450 g/mol. The van der Waals surface area contributed by atoms with Gasteiger partial charge in [0.15, 0.2) is 0 Å². The molecule has 0 spiro atoms. The molecular formula is C25H36F2N2O3. The number of carboxylic acids is 1. The number of halogens is 2. The quantitative estimate of drug-likeness (QED) is 0.451. The van der Waals surface area contributed by atoms with Gasteiger partial charge in [0.05, 0.1) is 12.0 Å². The molecule has 1 aliphatic carbocycles. The lowest BCUT2D eigenvalue weighted by Gasteiger charge is -2.37. The van der Waals surface area contributed by atoms with Gasteiger partial charge in [0.1, 0.15) is 0 Å². The topological polar surface area (TPSA) is 69.6 Å². The fraction of sp³-hybridized carbons (Fsp3) is 0.600. The van der Waals surface area contributed by atoms with E-state index < -0.39 is 17.4 Å². The average molecular weight is 451 g/mol. The standard InChI is InChI=1S/C25H36F2N2O3/c1-6-19-12-21(8-7-20(19)11-18-13-25(26,27)14-18)24(4,28-5)22(17(2)3)15-29(16-30)10-9-23(31)32/h7-8,12,15-18,28H,6,9-11,13-14H2,1-5H3,(H,31,32)/b22-15-. The lowest BCUT2D eigenvalue weighted by Crippen LogP contribution is -2.41. The van der Waals surface area contributed by atoms with Crippen molar-refractivity contribution >= 4 is 12.4 Å². The van der Waals surface area contributed by atoms with E-state index in [1.54, 1.807) is 6.20 Å². The molecule has 32 heavy (non-hydrogen) atoms. The minimum atomic E-state index is -2.51. The predicted octanol–water partition coefficient (Wildman–Crippen LogP) is 4.74. The molecule has 7 heteroatoms. The largest absolute Gasteiger partial charge is 0.481 e. The molecule has 1 aromatic rings. The van der Waals surface area contributed by atoms with E-state index in [1.165, 1.54) is 4.90 Å². The molecule has 178 valence electrons. The summed E-state index contributed by atoms with van der Waals surface area (Å²) >= 11 is 0. The zero-order valence-corrected chi connectivity index (χ0v) is 19.8. The fourth-order valence-electron chi connectivity index (χ4n) is 4.57. The van der Waals surface area contributed by atoms with E-state index in [-0.39, 0.29) is 37.6 Å². The fourth-order valence-corrected chi connectivity index (χ4v) is 4.57. The molecule has 2 N–H and O–H groups in total. The van der Waals surface area contributed by atoms with E-state index >= 15 is 0 Å². The van der Waals surface area contributed by atoms with Crippen LogP contribution in [0.1, 0.15) is 63.6 Å². The summed E-state index contributed by atoms with van der Waals surface area (Å²) in [5.41, 5.74) is 3.63. The summed E-state index contributed by atoms with van der Waals surface area (Å²) < 4.78 is 26.5. The van der Waals surface area contributed by atoms with Crippen molar-refractivity contribution in [1.82, 2.24) is 10.2 Å². The minimum absolute atomic E-state index is 0.0262. The van der Waals surface area contributed by atoms with Gasteiger partial charge in [-0.3, -0.25) is 9.59 Å². The average Bonchev–Trinajstić information content (AvgIpc) is 2.71. The third-order valence-corrected chi connectivity index (χ3v) is 6.57. The van der Waals surface area contributed by atoms with Crippen molar-refractivity contribution in [2.45, 2.75) is 71.3 Å². The summed E-state index contributed by atoms with van der Waals surface area (Å²) in [6, 6.07) is 6.20. The summed E-state index contributed by atoms with van der Waals surface area (Å²) in [5.74, 6) is -3.36. The third-order valence-electron chi connectivity index (χ3n) is 6.57. The second-order valence-corrected chi connectivity index (χ2v) is 9.27. The number of hydrogen-bond donors (Lipinski definition) is 2. The molecule has 0 aromatic heterocycles. The number of likely N-dealkylation sites (N-methyl/N-ethyl adjacent to an activating group) is 1. The number of nitrogens with one attached hydrogen (secondary N) is 1. The molecule has 5 nitrogen and oxygen atoms in total. The highest BCUT2D eigenvalue weighted by Crippen LogP contribution is 2.44. The number of carbonyl (C=O) groups excluding carboxylic acids is 1. The van der Waals surface area contributed by atoms with Crippen LogP contribution in [0.25, 0.3) is 0 Å². The Bertz CT molecular complexity index is 846. The van der Waals surface area contributed by atoms with E-state index in [1.807, 2.05) is 40.0 Å². The Morgan fingerprint density at radius 2 is 2.00 bits per heavy atom. The van der Waals surface area contributed by atoms with E-state index in [9.17, 15) is 18.4 Å². The molecule has 1 fully saturated rings. The second-order valence-electron chi connectivity index (χ2n) is 9.27. The van der Waals surface area contributed by atoms with Crippen LogP contribution in [0.4, 0.5) is 8.78 Å². The van der Waals surface area contributed by atoms with Gasteiger partial charge in [0.25, 0.3) is 0 Å². The van der Waals surface area contributed by atoms with Gasteiger partial charge in [-0.15, -0.1) is 0 Å². The van der Waals surface area contributed by atoms with E-state index in [0.29, 0.717) is 12.8 Å². The van der Waals surface area contributed by atoms with Crippen LogP contribution < -0.4 is 5.32 Å². The molecule has 0 aliphatic heterocycles. The Labute approximate surface area is 189 Å². The maximum atomic E-state index is 13.3. The van der Waals surface area contributed by atoms with Crippen LogP contribution in [-0.4, -0.2) is 41.9 Å². The Morgan fingerprint density at radius 3 is 2.47 bits per heavy atom. The van der Waals surface area contributed by atoms with Crippen molar-refractivity contribution in [1.29, 1.82) is 0 Å². The molecule has 0 heterocycles. The molecule has 0 radical (unpaired) electrons. The van der Waals surface area contributed by atoms with E-state index in [0.717, 1.165) is 28.7 Å². The van der Waals surface area contributed by atoms with Gasteiger partial charge in [-0.1, -0.05) is 39.0 Å². The molecule has 0 saturated heterocycles. The number of benzene rings is 1. The van der Waals surface area contributed by atoms with Crippen LogP contribution in [0, 0.1) is 11.8 Å². The maximum Gasteiger partial charge on any atom is 0.305 e. The molecule has 1 atom stereocenters. The molecule has 1 unspecified atom stereocenters. The van der Waals surface area contributed by atoms with Crippen molar-refractivity contribution in [3.8, 4) is 0 Å². The lowest BCUT2D eigenvalue weighted by atomic mass is 9.75. The van der Waals surface area contributed by atoms with Crippen LogP contribution >= 0.6 is 0 Å². The van der Waals surface area contributed by atoms with Crippen molar-refractivity contribution in [3.63, 3.8) is 0 Å². The van der Waals surface area contributed by atoms with Gasteiger partial charge in [0, 0.05) is 25.6 Å². The first kappa shape index (κ1) is 26.0. The first-order valence-corrected chi connectivity index (χ1v) is 11.3. The highest BCUT2D eigenvalue weighted by atomic mass is 19.3. The maximum absolute atomic E-state index is 13.3. The zero-order chi connectivity index (χ0) is 24.1. The molecule has 2 rings (SSSR count). The van der Waals surface area contributed by atoms with Crippen molar-refractivity contribution in [2.24, 2.45) is 11.8 Å². The second kappa shape index (κ2) is 10.6. The number of hydrogen-bond acceptors (Lipinski definition) is 3. The zero-order valence-electron chi connectivity index (χ0n) is 19.8. The van der Waals surface area contributed by atoms with E-state index in [2.05, 4.69) is 18.3 Å². The van der Waals surface area contributed by atoms with Crippen LogP contribution in [0.5, 0.6) is 0 Å². The van der Waals surface area contributed by atoms with Crippen molar-refractivity contribution in [3.05, 3.63) is 46.7 Å². The number of aryl methyl sites for hydroxylation is 1. The molecular weight excluding hydrogens is 414 g/mol. The molecule has 1 aromatic carbocycles. The Kier molecular flexibility index (Phi) is 8.57. The predicted molar refractivity (Wildman–Crippen MR) is 122 cm³/mol. The minimum Gasteiger partial charge on any atom is -0.481 e. The van der Waals surface area contributed by atoms with Gasteiger partial charge in [-0.05, 0) is 60.9 Å². The Hall–Kier alpha value is -2.28. The van der Waals surface area contributed by atoms with Gasteiger partial charge >= 0.3 is 5.97 Å². The van der Waals surface area contributed by atoms with Crippen LogP contribution in [-0.2, 0) is 28.0 Å². The van der Waals surface area contributed by atoms with Gasteiger partial charge in [0.2, 0.25) is 12.3 Å². The third kappa shape index (κ3) is 6.15. The molecule has 1 saturated carbocycles. The molecule has 1 aliphatic rings. The number of rotatable bonds is 12. The van der Waals surface area contributed by atoms with Gasteiger partial charge in [-0.2, -0.15) is 0 Å². The number of alkyl halides is 2. The summed E-state index contributed by atoms with van der Waals surface area (Å²) in [4.78, 5) is 23.9. The number of aliphatic carboxylic acids is 1. The normalized spacial score (nSPS) is 18.2. The number of carbonyl (C=O) groups is 2. The van der Waals surface area contributed by atoms with Crippen LogP contribution in [0.2, 0.25) is 0 Å². The number of nitrogens with zero attached hydrogens (tertiary/aromatic N) is 1. The van der Waals surface area contributed by atoms with Gasteiger partial charge in [-0.25, -0.2) is 8.78 Å². The SMILES string of the molecule is CCc1cc(C(C)(NC)/C(=C\N(C=O)CCC(=O)O)C(C)C)ccc1CC1CC(F)(F)C1. The number of carboxylic acid groups (broad SMARTS) is 1. The van der Waals surface area contributed by atoms with E-state index in [4.69, 9.17) is 5.11 Å². The van der Waals surface area contributed by atoms with Gasteiger partial charge < -0.3 is 15.3 Å². The first-order chi connectivity index (χ1) is 15.0. The van der Waals surface area contributed by atoms with Crippen LogP contribution in [0.3, 0.4) is 0 Å². The van der Waals surface area contributed by atoms with Crippen molar-refractivity contribution in [2.75, 3.05) is 13.6 Å². The van der Waals surface area contributed by atoms with Crippen molar-refractivity contribution < 1.29 is 23.5 Å². The first-order valence-electron chi connectivity index (χ1n) is 11.3. The summed E-state index contributed by atoms with van der Waals surface area (Å²) in [7, 11) is 1.86.